The van der Waals surface area contributed by atoms with E-state index in [0.717, 1.165) is 101 Å². The smallest absolute Gasteiger partial charge is 0.0979 e. The van der Waals surface area contributed by atoms with Crippen LogP contribution in [0.1, 0.15) is 0 Å². The van der Waals surface area contributed by atoms with E-state index >= 15 is 0 Å². The van der Waals surface area contributed by atoms with E-state index in [2.05, 4.69) is 180 Å². The van der Waals surface area contributed by atoms with E-state index in [1.807, 2.05) is 48.8 Å². The predicted octanol–water partition coefficient (Wildman–Crippen LogP) is 13.8. The average molecular weight is 741 g/mol. The summed E-state index contributed by atoms with van der Waals surface area (Å²) in [5.74, 6) is 0. The van der Waals surface area contributed by atoms with Crippen molar-refractivity contribution in [3.8, 4) is 89.5 Å². The molecule has 4 heteroatoms. The molecule has 0 spiro atoms. The first-order valence-electron chi connectivity index (χ1n) is 19.5. The number of pyridine rings is 2. The van der Waals surface area contributed by atoms with Crippen LogP contribution in [0.5, 0.6) is 0 Å². The van der Waals surface area contributed by atoms with Gasteiger partial charge in [0, 0.05) is 45.8 Å². The summed E-state index contributed by atoms with van der Waals surface area (Å²) < 4.78 is 0. The highest BCUT2D eigenvalue weighted by molar-refractivity contribution is 6.06. The van der Waals surface area contributed by atoms with E-state index in [4.69, 9.17) is 9.97 Å². The van der Waals surface area contributed by atoms with Crippen molar-refractivity contribution in [1.29, 1.82) is 0 Å². The van der Waals surface area contributed by atoms with Crippen LogP contribution in [-0.2, 0) is 0 Å². The number of hydrogen-bond acceptors (Lipinski definition) is 4. The van der Waals surface area contributed by atoms with Crippen LogP contribution in [0, 0.1) is 0 Å². The second kappa shape index (κ2) is 15.4. The summed E-state index contributed by atoms with van der Waals surface area (Å²) in [6.07, 6.45) is 3.65. The van der Waals surface area contributed by atoms with Gasteiger partial charge in [-0.2, -0.15) is 0 Å². The van der Waals surface area contributed by atoms with Gasteiger partial charge in [-0.25, -0.2) is 9.97 Å². The number of nitrogens with zero attached hydrogens (tertiary/aromatic N) is 4. The van der Waals surface area contributed by atoms with Crippen LogP contribution in [0.2, 0.25) is 0 Å². The standard InChI is InChI=1S/C54H36N4/c1-3-15-37(16-4-1)43-19-7-9-21-45(43)47-33-34-48(46-22-10-8-20-44(46)38-17-5-2-6-18-38)54-53(47)57-51(41-29-25-39(26-30-41)49-23-11-13-35-55-49)52(58-54)42-31-27-40(28-32-42)50-24-12-14-36-56-50/h1-36H. The summed E-state index contributed by atoms with van der Waals surface area (Å²) in [5, 5.41) is 0. The van der Waals surface area contributed by atoms with Crippen molar-refractivity contribution in [3.63, 3.8) is 0 Å². The topological polar surface area (TPSA) is 51.6 Å². The molecular weight excluding hydrogens is 705 g/mol. The van der Waals surface area contributed by atoms with Gasteiger partial charge in [-0.05, 0) is 57.6 Å². The molecule has 272 valence electrons. The van der Waals surface area contributed by atoms with Gasteiger partial charge in [0.2, 0.25) is 0 Å². The fourth-order valence-corrected chi connectivity index (χ4v) is 7.81. The van der Waals surface area contributed by atoms with E-state index in [0.29, 0.717) is 0 Å². The Bertz CT molecular complexity index is 2790. The number of hydrogen-bond donors (Lipinski definition) is 0. The molecule has 58 heavy (non-hydrogen) atoms. The van der Waals surface area contributed by atoms with Crippen molar-refractivity contribution < 1.29 is 0 Å². The molecule has 0 saturated carbocycles. The summed E-state index contributed by atoms with van der Waals surface area (Å²) in [7, 11) is 0. The van der Waals surface area contributed by atoms with Gasteiger partial charge in [-0.15, -0.1) is 0 Å². The Hall–Kier alpha value is -7.82. The SMILES string of the molecule is c1ccc(-c2ccccc2-c2ccc(-c3ccccc3-c3ccccc3)c3nc(-c4ccc(-c5ccccn5)cc4)c(-c4ccc(-c5ccccn5)cc4)nc23)cc1. The van der Waals surface area contributed by atoms with Crippen LogP contribution in [0.25, 0.3) is 101 Å². The lowest BCUT2D eigenvalue weighted by atomic mass is 9.89. The molecule has 7 aromatic carbocycles. The van der Waals surface area contributed by atoms with Crippen LogP contribution in [0.4, 0.5) is 0 Å². The molecule has 10 aromatic rings. The maximum absolute atomic E-state index is 5.71. The molecule has 0 amide bonds. The number of fused-ring (bicyclic) bond motifs is 1. The van der Waals surface area contributed by atoms with Crippen LogP contribution in [0.15, 0.2) is 219 Å². The van der Waals surface area contributed by atoms with Crippen LogP contribution in [-0.4, -0.2) is 19.9 Å². The lowest BCUT2D eigenvalue weighted by molar-refractivity contribution is 1.29. The molecule has 0 aliphatic carbocycles. The highest BCUT2D eigenvalue weighted by atomic mass is 14.8. The Labute approximate surface area is 337 Å². The number of aromatic nitrogens is 4. The first kappa shape index (κ1) is 34.7. The molecule has 0 N–H and O–H groups in total. The van der Waals surface area contributed by atoms with Crippen molar-refractivity contribution >= 4 is 11.0 Å². The highest BCUT2D eigenvalue weighted by Gasteiger charge is 2.22. The summed E-state index contributed by atoms with van der Waals surface area (Å²) in [6, 6.07) is 71.8. The van der Waals surface area contributed by atoms with Gasteiger partial charge in [0.05, 0.1) is 33.8 Å². The minimum atomic E-state index is 0.803. The highest BCUT2D eigenvalue weighted by Crippen LogP contribution is 2.43. The van der Waals surface area contributed by atoms with Crippen molar-refractivity contribution in [2.75, 3.05) is 0 Å². The fraction of sp³-hybridized carbons (Fsp3) is 0. The quantitative estimate of drug-likeness (QED) is 0.156. The zero-order valence-electron chi connectivity index (χ0n) is 31.6. The van der Waals surface area contributed by atoms with Gasteiger partial charge < -0.3 is 0 Å². The van der Waals surface area contributed by atoms with Crippen LogP contribution < -0.4 is 0 Å². The Morgan fingerprint density at radius 2 is 0.569 bits per heavy atom. The fourth-order valence-electron chi connectivity index (χ4n) is 7.81. The van der Waals surface area contributed by atoms with Gasteiger partial charge in [0.15, 0.2) is 0 Å². The molecule has 0 aliphatic rings. The lowest BCUT2D eigenvalue weighted by Gasteiger charge is -2.19. The second-order valence-corrected chi connectivity index (χ2v) is 14.2. The zero-order chi connectivity index (χ0) is 38.7. The van der Waals surface area contributed by atoms with Crippen molar-refractivity contribution in [2.45, 2.75) is 0 Å². The van der Waals surface area contributed by atoms with Crippen molar-refractivity contribution in [3.05, 3.63) is 219 Å². The normalized spacial score (nSPS) is 11.1. The molecule has 3 heterocycles. The van der Waals surface area contributed by atoms with Gasteiger partial charge >= 0.3 is 0 Å². The summed E-state index contributed by atoms with van der Waals surface area (Å²) in [5.41, 5.74) is 17.9. The van der Waals surface area contributed by atoms with Gasteiger partial charge in [0.1, 0.15) is 0 Å². The van der Waals surface area contributed by atoms with Gasteiger partial charge in [-0.1, -0.05) is 182 Å². The van der Waals surface area contributed by atoms with Crippen LogP contribution >= 0.6 is 0 Å². The molecule has 0 atom stereocenters. The minimum absolute atomic E-state index is 0.803. The third-order valence-electron chi connectivity index (χ3n) is 10.7. The third-order valence-corrected chi connectivity index (χ3v) is 10.7. The van der Waals surface area contributed by atoms with Crippen molar-refractivity contribution in [2.24, 2.45) is 0 Å². The number of benzene rings is 7. The third kappa shape index (κ3) is 6.63. The molecule has 0 radical (unpaired) electrons. The Balaban J connectivity index is 1.26. The molecule has 0 unspecified atom stereocenters. The van der Waals surface area contributed by atoms with Gasteiger partial charge in [-0.3, -0.25) is 9.97 Å². The molecule has 3 aromatic heterocycles. The molecule has 10 rings (SSSR count). The van der Waals surface area contributed by atoms with E-state index in [1.54, 1.807) is 0 Å². The maximum Gasteiger partial charge on any atom is 0.0979 e. The Kier molecular flexibility index (Phi) is 9.18. The molecule has 0 bridgehead atoms. The minimum Gasteiger partial charge on any atom is -0.256 e. The molecule has 4 nitrogen and oxygen atoms in total. The largest absolute Gasteiger partial charge is 0.256 e. The summed E-state index contributed by atoms with van der Waals surface area (Å²) >= 11 is 0. The van der Waals surface area contributed by atoms with E-state index in [1.165, 1.54) is 0 Å². The summed E-state index contributed by atoms with van der Waals surface area (Å²) in [4.78, 5) is 20.6. The predicted molar refractivity (Wildman–Crippen MR) is 239 cm³/mol. The monoisotopic (exact) mass is 740 g/mol. The molecular formula is C54H36N4. The molecule has 0 fully saturated rings. The Morgan fingerprint density at radius 1 is 0.224 bits per heavy atom. The van der Waals surface area contributed by atoms with Gasteiger partial charge in [0.25, 0.3) is 0 Å². The number of rotatable bonds is 8. The molecule has 0 saturated heterocycles. The first-order chi connectivity index (χ1) is 28.8. The Morgan fingerprint density at radius 3 is 0.948 bits per heavy atom. The summed E-state index contributed by atoms with van der Waals surface area (Å²) in [6.45, 7) is 0. The zero-order valence-corrected chi connectivity index (χ0v) is 31.6. The second-order valence-electron chi connectivity index (χ2n) is 14.2. The first-order valence-corrected chi connectivity index (χ1v) is 19.5. The maximum atomic E-state index is 5.71. The lowest BCUT2D eigenvalue weighted by Crippen LogP contribution is -2.00. The van der Waals surface area contributed by atoms with Crippen molar-refractivity contribution in [1.82, 2.24) is 19.9 Å². The van der Waals surface area contributed by atoms with E-state index < -0.39 is 0 Å². The average Bonchev–Trinajstić information content (AvgIpc) is 3.32. The van der Waals surface area contributed by atoms with E-state index in [-0.39, 0.29) is 0 Å². The van der Waals surface area contributed by atoms with E-state index in [9.17, 15) is 0 Å². The molecule has 0 aliphatic heterocycles. The van der Waals surface area contributed by atoms with Crippen LogP contribution in [0.3, 0.4) is 0 Å².